The normalized spacial score (nSPS) is 10.1. The number of hydrogen-bond acceptors (Lipinski definition) is 1. The quantitative estimate of drug-likeness (QED) is 0.613. The van der Waals surface area contributed by atoms with Crippen LogP contribution in [0.1, 0.15) is 20.3 Å². The van der Waals surface area contributed by atoms with Crippen molar-refractivity contribution in [1.82, 2.24) is 0 Å². The standard InChI is InChI=1S/C10H16O/c1-9(2)5-4-6-10(3)7-8-11/h4-6,11H,3,7-8H2,1-2H3/b6-4+. The van der Waals surface area contributed by atoms with Gasteiger partial charge in [0.2, 0.25) is 0 Å². The molecule has 0 unspecified atom stereocenters. The Balaban J connectivity index is 3.74. The van der Waals surface area contributed by atoms with Gasteiger partial charge >= 0.3 is 0 Å². The van der Waals surface area contributed by atoms with Crippen molar-refractivity contribution in [1.29, 1.82) is 0 Å². The lowest BCUT2D eigenvalue weighted by atomic mass is 10.2. The zero-order chi connectivity index (χ0) is 8.69. The average molecular weight is 152 g/mol. The van der Waals surface area contributed by atoms with E-state index >= 15 is 0 Å². The summed E-state index contributed by atoms with van der Waals surface area (Å²) in [6, 6.07) is 0. The highest BCUT2D eigenvalue weighted by Crippen LogP contribution is 1.99. The molecule has 0 aliphatic rings. The molecule has 0 rings (SSSR count). The molecular formula is C10H16O. The summed E-state index contributed by atoms with van der Waals surface area (Å²) >= 11 is 0. The molecule has 0 bridgehead atoms. The molecular weight excluding hydrogens is 136 g/mol. The maximum atomic E-state index is 8.54. The summed E-state index contributed by atoms with van der Waals surface area (Å²) in [5.74, 6) is 0. The predicted octanol–water partition coefficient (Wildman–Crippen LogP) is 2.45. The van der Waals surface area contributed by atoms with Crippen LogP contribution in [0.3, 0.4) is 0 Å². The van der Waals surface area contributed by atoms with Crippen LogP contribution in [0.15, 0.2) is 36.0 Å². The largest absolute Gasteiger partial charge is 0.396 e. The number of allylic oxidation sites excluding steroid dienone is 4. The lowest BCUT2D eigenvalue weighted by molar-refractivity contribution is 0.300. The van der Waals surface area contributed by atoms with E-state index in [4.69, 9.17) is 5.11 Å². The molecule has 0 aromatic heterocycles. The maximum absolute atomic E-state index is 8.54. The summed E-state index contributed by atoms with van der Waals surface area (Å²) in [6.45, 7) is 8.03. The Morgan fingerprint density at radius 2 is 2.09 bits per heavy atom. The Bertz CT molecular complexity index is 171. The molecule has 11 heavy (non-hydrogen) atoms. The molecule has 0 aromatic rings. The summed E-state index contributed by atoms with van der Waals surface area (Å²) in [5.41, 5.74) is 2.23. The lowest BCUT2D eigenvalue weighted by Crippen LogP contribution is -1.82. The van der Waals surface area contributed by atoms with Gasteiger partial charge in [0.25, 0.3) is 0 Å². The second-order valence-corrected chi connectivity index (χ2v) is 2.73. The Hall–Kier alpha value is -0.820. The fraction of sp³-hybridized carbons (Fsp3) is 0.400. The summed E-state index contributed by atoms with van der Waals surface area (Å²) in [5, 5.41) is 8.54. The minimum atomic E-state index is 0.179. The summed E-state index contributed by atoms with van der Waals surface area (Å²) in [6.07, 6.45) is 6.55. The molecule has 0 amide bonds. The van der Waals surface area contributed by atoms with Gasteiger partial charge in [-0.2, -0.15) is 0 Å². The van der Waals surface area contributed by atoms with Crippen LogP contribution >= 0.6 is 0 Å². The van der Waals surface area contributed by atoms with Gasteiger partial charge in [-0.05, 0) is 20.3 Å². The molecule has 0 fully saturated rings. The van der Waals surface area contributed by atoms with Crippen molar-refractivity contribution in [3.8, 4) is 0 Å². The van der Waals surface area contributed by atoms with Crippen LogP contribution in [0.5, 0.6) is 0 Å². The monoisotopic (exact) mass is 152 g/mol. The molecule has 1 heteroatoms. The SMILES string of the molecule is C=C(/C=C/C=C(C)C)CCO. The highest BCUT2D eigenvalue weighted by Gasteiger charge is 1.83. The van der Waals surface area contributed by atoms with Gasteiger partial charge in [-0.3, -0.25) is 0 Å². The van der Waals surface area contributed by atoms with E-state index in [1.807, 2.05) is 32.1 Å². The van der Waals surface area contributed by atoms with Gasteiger partial charge < -0.3 is 5.11 Å². The molecule has 0 spiro atoms. The maximum Gasteiger partial charge on any atom is 0.0471 e. The first kappa shape index (κ1) is 10.2. The molecule has 0 radical (unpaired) electrons. The smallest absolute Gasteiger partial charge is 0.0471 e. The van der Waals surface area contributed by atoms with Crippen LogP contribution in [-0.2, 0) is 0 Å². The third-order valence-electron chi connectivity index (χ3n) is 1.19. The van der Waals surface area contributed by atoms with Crippen molar-refractivity contribution in [3.63, 3.8) is 0 Å². The van der Waals surface area contributed by atoms with Crippen LogP contribution in [0.25, 0.3) is 0 Å². The van der Waals surface area contributed by atoms with Gasteiger partial charge in [0.05, 0.1) is 0 Å². The molecule has 62 valence electrons. The van der Waals surface area contributed by atoms with Gasteiger partial charge in [0.15, 0.2) is 0 Å². The Morgan fingerprint density at radius 3 is 2.55 bits per heavy atom. The van der Waals surface area contributed by atoms with Crippen molar-refractivity contribution in [2.24, 2.45) is 0 Å². The first-order valence-electron chi connectivity index (χ1n) is 3.77. The summed E-state index contributed by atoms with van der Waals surface area (Å²) in [7, 11) is 0. The molecule has 0 aliphatic heterocycles. The van der Waals surface area contributed by atoms with Crippen molar-refractivity contribution >= 4 is 0 Å². The van der Waals surface area contributed by atoms with Gasteiger partial charge in [-0.15, -0.1) is 0 Å². The highest BCUT2D eigenvalue weighted by atomic mass is 16.2. The molecule has 0 saturated heterocycles. The molecule has 0 saturated carbocycles. The molecule has 0 heterocycles. The van der Waals surface area contributed by atoms with Crippen LogP contribution in [0.2, 0.25) is 0 Å². The zero-order valence-corrected chi connectivity index (χ0v) is 7.30. The molecule has 0 atom stereocenters. The summed E-state index contributed by atoms with van der Waals surface area (Å²) in [4.78, 5) is 0. The zero-order valence-electron chi connectivity index (χ0n) is 7.30. The van der Waals surface area contributed by atoms with Gasteiger partial charge in [0.1, 0.15) is 0 Å². The highest BCUT2D eigenvalue weighted by molar-refractivity contribution is 5.20. The minimum Gasteiger partial charge on any atom is -0.396 e. The number of aliphatic hydroxyl groups is 1. The molecule has 1 nitrogen and oxygen atoms in total. The van der Waals surface area contributed by atoms with E-state index in [2.05, 4.69) is 6.58 Å². The third kappa shape index (κ3) is 7.07. The van der Waals surface area contributed by atoms with E-state index in [1.165, 1.54) is 5.57 Å². The predicted molar refractivity (Wildman–Crippen MR) is 49.4 cm³/mol. The van der Waals surface area contributed by atoms with Crippen molar-refractivity contribution in [2.75, 3.05) is 6.61 Å². The van der Waals surface area contributed by atoms with Gasteiger partial charge in [0, 0.05) is 6.61 Å². The van der Waals surface area contributed by atoms with Crippen LogP contribution < -0.4 is 0 Å². The van der Waals surface area contributed by atoms with Gasteiger partial charge in [-0.1, -0.05) is 36.0 Å². The second-order valence-electron chi connectivity index (χ2n) is 2.73. The van der Waals surface area contributed by atoms with E-state index in [9.17, 15) is 0 Å². The minimum absolute atomic E-state index is 0.179. The lowest BCUT2D eigenvalue weighted by Gasteiger charge is -1.92. The van der Waals surface area contributed by atoms with E-state index in [-0.39, 0.29) is 6.61 Å². The van der Waals surface area contributed by atoms with E-state index in [0.29, 0.717) is 6.42 Å². The summed E-state index contributed by atoms with van der Waals surface area (Å²) < 4.78 is 0. The van der Waals surface area contributed by atoms with Gasteiger partial charge in [-0.25, -0.2) is 0 Å². The van der Waals surface area contributed by atoms with Crippen molar-refractivity contribution < 1.29 is 5.11 Å². The van der Waals surface area contributed by atoms with E-state index in [0.717, 1.165) is 5.57 Å². The van der Waals surface area contributed by atoms with Crippen molar-refractivity contribution in [3.05, 3.63) is 36.0 Å². The van der Waals surface area contributed by atoms with E-state index in [1.54, 1.807) is 0 Å². The Morgan fingerprint density at radius 1 is 1.45 bits per heavy atom. The fourth-order valence-electron chi connectivity index (χ4n) is 0.604. The van der Waals surface area contributed by atoms with Crippen LogP contribution in [0.4, 0.5) is 0 Å². The number of aliphatic hydroxyl groups excluding tert-OH is 1. The molecule has 0 aromatic carbocycles. The topological polar surface area (TPSA) is 20.2 Å². The number of hydrogen-bond donors (Lipinski definition) is 1. The Labute approximate surface area is 68.7 Å². The second kappa shape index (κ2) is 5.93. The Kier molecular flexibility index (Phi) is 5.49. The third-order valence-corrected chi connectivity index (χ3v) is 1.19. The molecule has 1 N–H and O–H groups in total. The first-order chi connectivity index (χ1) is 5.16. The van der Waals surface area contributed by atoms with Crippen LogP contribution in [-0.4, -0.2) is 11.7 Å². The number of rotatable bonds is 4. The average Bonchev–Trinajstić information content (AvgIpc) is 1.87. The first-order valence-corrected chi connectivity index (χ1v) is 3.77. The molecule has 0 aliphatic carbocycles. The van der Waals surface area contributed by atoms with E-state index < -0.39 is 0 Å². The van der Waals surface area contributed by atoms with Crippen molar-refractivity contribution in [2.45, 2.75) is 20.3 Å². The van der Waals surface area contributed by atoms with Crippen LogP contribution in [0, 0.1) is 0 Å². The fourth-order valence-corrected chi connectivity index (χ4v) is 0.604.